The van der Waals surface area contributed by atoms with Crippen molar-refractivity contribution in [3.8, 4) is 0 Å². The Balaban J connectivity index is 1.99. The second kappa shape index (κ2) is 8.03. The minimum Gasteiger partial charge on any atom is -0.459 e. The zero-order chi connectivity index (χ0) is 16.7. The third-order valence-corrected chi connectivity index (χ3v) is 3.49. The number of rotatable bonds is 7. The monoisotopic (exact) mass is 309 g/mol. The van der Waals surface area contributed by atoms with Crippen LogP contribution in [0.25, 0.3) is 0 Å². The lowest BCUT2D eigenvalue weighted by Gasteiger charge is -2.17. The predicted octanol–water partition coefficient (Wildman–Crippen LogP) is 3.09. The number of hydrogen-bond acceptors (Lipinski definition) is 4. The van der Waals surface area contributed by atoms with Crippen LogP contribution in [0.2, 0.25) is 0 Å². The molecule has 0 amide bonds. The Labute approximate surface area is 135 Å². The van der Waals surface area contributed by atoms with Crippen LogP contribution in [0.5, 0.6) is 0 Å². The number of benzene rings is 1. The summed E-state index contributed by atoms with van der Waals surface area (Å²) < 4.78 is 5.40. The fourth-order valence-electron chi connectivity index (χ4n) is 2.29. The molecule has 0 aliphatic rings. The van der Waals surface area contributed by atoms with Gasteiger partial charge in [-0.15, -0.1) is 0 Å². The van der Waals surface area contributed by atoms with E-state index in [4.69, 9.17) is 4.74 Å². The van der Waals surface area contributed by atoms with E-state index in [2.05, 4.69) is 11.6 Å². The molecule has 0 radical (unpaired) electrons. The van der Waals surface area contributed by atoms with E-state index < -0.39 is 11.9 Å². The van der Waals surface area contributed by atoms with Crippen molar-refractivity contribution < 1.29 is 14.3 Å². The molecule has 0 spiro atoms. The van der Waals surface area contributed by atoms with Gasteiger partial charge in [-0.05, 0) is 24.1 Å². The quantitative estimate of drug-likeness (QED) is 0.448. The average Bonchev–Trinajstić information content (AvgIpc) is 2.57. The van der Waals surface area contributed by atoms with Crippen molar-refractivity contribution in [2.75, 3.05) is 0 Å². The summed E-state index contributed by atoms with van der Waals surface area (Å²) in [5.41, 5.74) is 1.82. The molecule has 0 fully saturated rings. The highest BCUT2D eigenvalue weighted by molar-refractivity contribution is 5.94. The molecule has 4 nitrogen and oxygen atoms in total. The van der Waals surface area contributed by atoms with Gasteiger partial charge in [-0.2, -0.15) is 0 Å². The molecule has 0 aliphatic heterocycles. The van der Waals surface area contributed by atoms with Gasteiger partial charge in [0.15, 0.2) is 0 Å². The fraction of sp³-hybridized carbons (Fsp3) is 0.211. The summed E-state index contributed by atoms with van der Waals surface area (Å²) in [4.78, 5) is 27.5. The maximum absolute atomic E-state index is 12.2. The largest absolute Gasteiger partial charge is 0.459 e. The number of ether oxygens (including phenoxy) is 1. The topological polar surface area (TPSA) is 56.3 Å². The van der Waals surface area contributed by atoms with Crippen LogP contribution >= 0.6 is 0 Å². The first-order valence-electron chi connectivity index (χ1n) is 7.40. The van der Waals surface area contributed by atoms with Gasteiger partial charge in [-0.3, -0.25) is 4.98 Å². The van der Waals surface area contributed by atoms with Gasteiger partial charge in [0.25, 0.3) is 0 Å². The average molecular weight is 309 g/mol. The second-order valence-corrected chi connectivity index (χ2v) is 5.33. The lowest BCUT2D eigenvalue weighted by molar-refractivity contribution is -0.144. The molecule has 0 saturated heterocycles. The van der Waals surface area contributed by atoms with Gasteiger partial charge in [0.1, 0.15) is 12.4 Å². The smallest absolute Gasteiger partial charge is 0.334 e. The summed E-state index contributed by atoms with van der Waals surface area (Å²) in [5.74, 6) is -1.30. The van der Waals surface area contributed by atoms with Crippen LogP contribution in [-0.2, 0) is 20.7 Å². The minimum atomic E-state index is -0.736. The maximum atomic E-state index is 12.2. The fourth-order valence-corrected chi connectivity index (χ4v) is 2.29. The normalized spacial score (nSPS) is 12.9. The van der Waals surface area contributed by atoms with Gasteiger partial charge in [-0.25, -0.2) is 4.79 Å². The van der Waals surface area contributed by atoms with E-state index in [9.17, 15) is 9.59 Å². The number of aldehydes is 1. The molecule has 1 aromatic heterocycles. The zero-order valence-electron chi connectivity index (χ0n) is 13.0. The van der Waals surface area contributed by atoms with Gasteiger partial charge < -0.3 is 9.53 Å². The Morgan fingerprint density at radius 2 is 2.00 bits per heavy atom. The van der Waals surface area contributed by atoms with E-state index in [1.165, 1.54) is 0 Å². The molecule has 23 heavy (non-hydrogen) atoms. The summed E-state index contributed by atoms with van der Waals surface area (Å²) in [6.07, 6.45) is 4.14. The van der Waals surface area contributed by atoms with Crippen molar-refractivity contribution in [2.24, 2.45) is 0 Å². The van der Waals surface area contributed by atoms with Crippen molar-refractivity contribution in [1.29, 1.82) is 0 Å². The standard InChI is InChI=1S/C19H19NO3/c1-14(11-16-7-4-3-5-8-16)23-19(22)15(2)18(13-21)17-9-6-10-20-12-17/h3-10,12-14,18H,2,11H2,1H3. The number of carbonyl (C=O) groups excluding carboxylic acids is 2. The maximum Gasteiger partial charge on any atom is 0.334 e. The van der Waals surface area contributed by atoms with Gasteiger partial charge in [0.05, 0.1) is 5.92 Å². The molecule has 2 aromatic rings. The van der Waals surface area contributed by atoms with Crippen LogP contribution in [0.15, 0.2) is 67.0 Å². The highest BCUT2D eigenvalue weighted by Crippen LogP contribution is 2.22. The van der Waals surface area contributed by atoms with Crippen molar-refractivity contribution in [3.63, 3.8) is 0 Å². The molecular formula is C19H19NO3. The molecule has 1 aromatic carbocycles. The summed E-state index contributed by atoms with van der Waals surface area (Å²) in [5, 5.41) is 0. The molecule has 0 aliphatic carbocycles. The third kappa shape index (κ3) is 4.61. The molecule has 4 heteroatoms. The van der Waals surface area contributed by atoms with Crippen molar-refractivity contribution in [2.45, 2.75) is 25.4 Å². The van der Waals surface area contributed by atoms with Crippen LogP contribution in [0, 0.1) is 0 Å². The SMILES string of the molecule is C=C(C(=O)OC(C)Cc1ccccc1)C(C=O)c1cccnc1. The van der Waals surface area contributed by atoms with Gasteiger partial charge in [0.2, 0.25) is 0 Å². The summed E-state index contributed by atoms with van der Waals surface area (Å²) in [6, 6.07) is 13.2. The van der Waals surface area contributed by atoms with Gasteiger partial charge in [0, 0.05) is 24.4 Å². The van der Waals surface area contributed by atoms with Crippen LogP contribution in [-0.4, -0.2) is 23.3 Å². The second-order valence-electron chi connectivity index (χ2n) is 5.33. The van der Waals surface area contributed by atoms with E-state index in [-0.39, 0.29) is 11.7 Å². The summed E-state index contributed by atoms with van der Waals surface area (Å²) >= 11 is 0. The number of esters is 1. The number of carbonyl (C=O) groups is 2. The molecule has 0 bridgehead atoms. The third-order valence-electron chi connectivity index (χ3n) is 3.49. The van der Waals surface area contributed by atoms with Crippen LogP contribution < -0.4 is 0 Å². The Morgan fingerprint density at radius 3 is 2.61 bits per heavy atom. The molecule has 0 saturated carbocycles. The molecule has 2 rings (SSSR count). The lowest BCUT2D eigenvalue weighted by Crippen LogP contribution is -2.21. The molecule has 0 N–H and O–H groups in total. The Hall–Kier alpha value is -2.75. The van der Waals surface area contributed by atoms with E-state index in [1.54, 1.807) is 24.5 Å². The Bertz CT molecular complexity index is 668. The first-order chi connectivity index (χ1) is 11.1. The number of hydrogen-bond donors (Lipinski definition) is 0. The molecule has 2 unspecified atom stereocenters. The van der Waals surface area contributed by atoms with Crippen molar-refractivity contribution in [3.05, 3.63) is 78.1 Å². The highest BCUT2D eigenvalue weighted by atomic mass is 16.5. The Morgan fingerprint density at radius 1 is 1.26 bits per heavy atom. The van der Waals surface area contributed by atoms with E-state index in [0.717, 1.165) is 5.56 Å². The number of aromatic nitrogens is 1. The molecule has 118 valence electrons. The van der Waals surface area contributed by atoms with E-state index in [1.807, 2.05) is 37.3 Å². The first-order valence-corrected chi connectivity index (χ1v) is 7.40. The van der Waals surface area contributed by atoms with E-state index in [0.29, 0.717) is 18.3 Å². The van der Waals surface area contributed by atoms with Crippen molar-refractivity contribution in [1.82, 2.24) is 4.98 Å². The summed E-state index contributed by atoms with van der Waals surface area (Å²) in [7, 11) is 0. The Kier molecular flexibility index (Phi) is 5.80. The highest BCUT2D eigenvalue weighted by Gasteiger charge is 2.23. The molecule has 1 heterocycles. The van der Waals surface area contributed by atoms with Crippen LogP contribution in [0.4, 0.5) is 0 Å². The number of pyridine rings is 1. The first kappa shape index (κ1) is 16.6. The van der Waals surface area contributed by atoms with Gasteiger partial charge in [-0.1, -0.05) is 43.0 Å². The van der Waals surface area contributed by atoms with Crippen LogP contribution in [0.1, 0.15) is 24.0 Å². The molecular weight excluding hydrogens is 290 g/mol. The lowest BCUT2D eigenvalue weighted by atomic mass is 9.95. The summed E-state index contributed by atoms with van der Waals surface area (Å²) in [6.45, 7) is 5.55. The van der Waals surface area contributed by atoms with Crippen molar-refractivity contribution >= 4 is 12.3 Å². The van der Waals surface area contributed by atoms with Gasteiger partial charge >= 0.3 is 5.97 Å². The van der Waals surface area contributed by atoms with Crippen LogP contribution in [0.3, 0.4) is 0 Å². The number of nitrogens with zero attached hydrogens (tertiary/aromatic N) is 1. The zero-order valence-corrected chi connectivity index (χ0v) is 13.0. The minimum absolute atomic E-state index is 0.118. The molecule has 2 atom stereocenters. The van der Waals surface area contributed by atoms with E-state index >= 15 is 0 Å². The predicted molar refractivity (Wildman–Crippen MR) is 87.9 cm³/mol.